The summed E-state index contributed by atoms with van der Waals surface area (Å²) in [6, 6.07) is 6.91. The lowest BCUT2D eigenvalue weighted by atomic mass is 10.0. The molecule has 9 nitrogen and oxygen atoms in total. The van der Waals surface area contributed by atoms with Gasteiger partial charge in [-0.3, -0.25) is 9.78 Å². The molecule has 3 aromatic rings. The van der Waals surface area contributed by atoms with Crippen LogP contribution in [0.15, 0.2) is 36.8 Å². The van der Waals surface area contributed by atoms with Gasteiger partial charge in [-0.05, 0) is 49.2 Å². The third-order valence-electron chi connectivity index (χ3n) is 4.73. The zero-order valence-electron chi connectivity index (χ0n) is 15.9. The first-order chi connectivity index (χ1) is 13.7. The van der Waals surface area contributed by atoms with E-state index in [4.69, 9.17) is 0 Å². The molecule has 0 fully saturated rings. The zero-order valence-corrected chi connectivity index (χ0v) is 16.7. The fourth-order valence-electron chi connectivity index (χ4n) is 3.13. The van der Waals surface area contributed by atoms with E-state index >= 15 is 0 Å². The number of rotatable bonds is 5. The average Bonchev–Trinajstić information content (AvgIpc) is 3.23. The molecule has 1 amide bonds. The highest BCUT2D eigenvalue weighted by atomic mass is 35.5. The van der Waals surface area contributed by atoms with Gasteiger partial charge in [-0.2, -0.15) is 0 Å². The van der Waals surface area contributed by atoms with Crippen molar-refractivity contribution in [1.82, 2.24) is 30.0 Å². The van der Waals surface area contributed by atoms with Crippen LogP contribution in [0.3, 0.4) is 0 Å². The fraction of sp³-hybridized carbons (Fsp3) is 0.316. The van der Waals surface area contributed by atoms with Gasteiger partial charge in [0.05, 0.1) is 12.6 Å². The number of amides is 1. The minimum absolute atomic E-state index is 0. The predicted molar refractivity (Wildman–Crippen MR) is 110 cm³/mol. The van der Waals surface area contributed by atoms with Crippen LogP contribution in [0.4, 0.5) is 5.82 Å². The zero-order chi connectivity index (χ0) is 19.5. The third kappa shape index (κ3) is 4.42. The first-order valence-corrected chi connectivity index (χ1v) is 9.13. The van der Waals surface area contributed by atoms with Gasteiger partial charge in [0.1, 0.15) is 23.5 Å². The minimum Gasteiger partial charge on any atom is -0.394 e. The second-order valence-corrected chi connectivity index (χ2v) is 6.72. The number of carbonyl (C=O) groups is 1. The van der Waals surface area contributed by atoms with E-state index in [1.807, 2.05) is 13.0 Å². The van der Waals surface area contributed by atoms with Crippen LogP contribution in [-0.2, 0) is 13.0 Å². The highest BCUT2D eigenvalue weighted by Gasteiger charge is 2.16. The minimum atomic E-state index is -0.316. The summed E-state index contributed by atoms with van der Waals surface area (Å²) in [5.41, 5.74) is 3.18. The molecule has 3 N–H and O–H groups in total. The summed E-state index contributed by atoms with van der Waals surface area (Å²) in [7, 11) is 0. The lowest BCUT2D eigenvalue weighted by Crippen LogP contribution is -2.25. The van der Waals surface area contributed by atoms with Gasteiger partial charge in [-0.15, -0.1) is 22.6 Å². The number of aliphatic hydroxyl groups is 1. The average molecular weight is 416 g/mol. The van der Waals surface area contributed by atoms with Crippen LogP contribution in [-0.4, -0.2) is 48.9 Å². The van der Waals surface area contributed by atoms with Crippen LogP contribution >= 0.6 is 12.4 Å². The molecule has 29 heavy (non-hydrogen) atoms. The van der Waals surface area contributed by atoms with E-state index in [-0.39, 0.29) is 31.0 Å². The molecule has 0 spiro atoms. The molecule has 1 unspecified atom stereocenters. The number of aliphatic hydroxyl groups excluding tert-OH is 1. The molecule has 1 aliphatic heterocycles. The number of nitrogens with one attached hydrogen (secondary N) is 2. The summed E-state index contributed by atoms with van der Waals surface area (Å²) in [6.45, 7) is 3.48. The van der Waals surface area contributed by atoms with Crippen molar-refractivity contribution >= 4 is 24.1 Å². The molecular weight excluding hydrogens is 394 g/mol. The summed E-state index contributed by atoms with van der Waals surface area (Å²) in [5, 5.41) is 23.5. The van der Waals surface area contributed by atoms with Gasteiger partial charge >= 0.3 is 0 Å². The van der Waals surface area contributed by atoms with Crippen molar-refractivity contribution in [1.29, 1.82) is 0 Å². The van der Waals surface area contributed by atoms with E-state index in [2.05, 4.69) is 30.8 Å². The van der Waals surface area contributed by atoms with Crippen LogP contribution in [0, 0.1) is 0 Å². The van der Waals surface area contributed by atoms with E-state index in [9.17, 15) is 9.90 Å². The van der Waals surface area contributed by atoms with Crippen molar-refractivity contribution < 1.29 is 9.90 Å². The van der Waals surface area contributed by atoms with Crippen molar-refractivity contribution in [2.75, 3.05) is 18.5 Å². The number of pyridine rings is 2. The van der Waals surface area contributed by atoms with Crippen molar-refractivity contribution in [3.8, 4) is 11.5 Å². The molecule has 3 aromatic heterocycles. The van der Waals surface area contributed by atoms with E-state index in [0.29, 0.717) is 23.0 Å². The Bertz CT molecular complexity index is 1010. The molecule has 4 rings (SSSR count). The first kappa shape index (κ1) is 20.8. The van der Waals surface area contributed by atoms with Gasteiger partial charge in [0.2, 0.25) is 0 Å². The lowest BCUT2D eigenvalue weighted by molar-refractivity contribution is 0.102. The van der Waals surface area contributed by atoms with Gasteiger partial charge in [-0.25, -0.2) is 4.98 Å². The molecule has 1 atom stereocenters. The number of halogens is 1. The second kappa shape index (κ2) is 9.08. The Morgan fingerprint density at radius 2 is 2.24 bits per heavy atom. The summed E-state index contributed by atoms with van der Waals surface area (Å²) in [6.07, 6.45) is 4.24. The molecule has 152 valence electrons. The predicted octanol–water partition coefficient (Wildman–Crippen LogP) is 1.61. The first-order valence-electron chi connectivity index (χ1n) is 9.13. The van der Waals surface area contributed by atoms with Gasteiger partial charge in [-0.1, -0.05) is 6.07 Å². The Balaban J connectivity index is 0.00000240. The molecule has 0 radical (unpaired) electrons. The Kier molecular flexibility index (Phi) is 6.53. The van der Waals surface area contributed by atoms with E-state index < -0.39 is 0 Å². The number of anilines is 1. The van der Waals surface area contributed by atoms with Crippen LogP contribution in [0.25, 0.3) is 11.5 Å². The Hall–Kier alpha value is -2.88. The van der Waals surface area contributed by atoms with Gasteiger partial charge in [0.15, 0.2) is 5.82 Å². The van der Waals surface area contributed by atoms with Crippen LogP contribution in [0.1, 0.15) is 34.6 Å². The number of nitrogens with zero attached hydrogens (tertiary/aromatic N) is 5. The molecule has 0 saturated carbocycles. The Labute approximate surface area is 174 Å². The topological polar surface area (TPSA) is 118 Å². The SMILES string of the molecule is CC(CO)n1cnnc1-c1cccc(NC(=O)c2cc3c(cn2)CCNC3)n1.Cl. The van der Waals surface area contributed by atoms with Crippen molar-refractivity contribution in [2.24, 2.45) is 0 Å². The quantitative estimate of drug-likeness (QED) is 0.579. The maximum atomic E-state index is 12.6. The van der Waals surface area contributed by atoms with Gasteiger partial charge in [0, 0.05) is 12.7 Å². The second-order valence-electron chi connectivity index (χ2n) is 6.72. The summed E-state index contributed by atoms with van der Waals surface area (Å²) in [5.74, 6) is 0.602. The highest BCUT2D eigenvalue weighted by Crippen LogP contribution is 2.20. The van der Waals surface area contributed by atoms with Crippen LogP contribution in [0.5, 0.6) is 0 Å². The molecule has 0 bridgehead atoms. The van der Waals surface area contributed by atoms with Crippen molar-refractivity contribution in [2.45, 2.75) is 25.9 Å². The number of hydrogen-bond donors (Lipinski definition) is 3. The molecule has 4 heterocycles. The van der Waals surface area contributed by atoms with Gasteiger partial charge < -0.3 is 20.3 Å². The Morgan fingerprint density at radius 3 is 3.07 bits per heavy atom. The number of fused-ring (bicyclic) bond motifs is 1. The molecule has 1 aliphatic rings. The standard InChI is InChI=1S/C19H21N7O2.ClH/c1-12(10-27)26-11-22-25-18(26)15-3-2-4-17(23-15)24-19(28)16-7-14-8-20-6-5-13(14)9-21-16;/h2-4,7,9,11-12,20,27H,5-6,8,10H2,1H3,(H,23,24,28);1H. The highest BCUT2D eigenvalue weighted by molar-refractivity contribution is 6.02. The van der Waals surface area contributed by atoms with E-state index in [1.54, 1.807) is 35.3 Å². The number of hydrogen-bond acceptors (Lipinski definition) is 7. The maximum Gasteiger partial charge on any atom is 0.275 e. The monoisotopic (exact) mass is 415 g/mol. The molecule has 10 heteroatoms. The Morgan fingerprint density at radius 1 is 1.38 bits per heavy atom. The lowest BCUT2D eigenvalue weighted by Gasteiger charge is -2.17. The third-order valence-corrected chi connectivity index (χ3v) is 4.73. The van der Waals surface area contributed by atoms with Crippen molar-refractivity contribution in [3.05, 3.63) is 53.6 Å². The molecule has 0 aromatic carbocycles. The molecule has 0 saturated heterocycles. The summed E-state index contributed by atoms with van der Waals surface area (Å²) < 4.78 is 1.74. The summed E-state index contributed by atoms with van der Waals surface area (Å²) in [4.78, 5) is 21.4. The largest absolute Gasteiger partial charge is 0.394 e. The maximum absolute atomic E-state index is 12.6. The summed E-state index contributed by atoms with van der Waals surface area (Å²) >= 11 is 0. The van der Waals surface area contributed by atoms with Crippen molar-refractivity contribution in [3.63, 3.8) is 0 Å². The van der Waals surface area contributed by atoms with Crippen LogP contribution in [0.2, 0.25) is 0 Å². The number of aromatic nitrogens is 5. The molecular formula is C19H22ClN7O2. The van der Waals surface area contributed by atoms with Gasteiger partial charge in [0.25, 0.3) is 5.91 Å². The molecule has 0 aliphatic carbocycles. The fourth-order valence-corrected chi connectivity index (χ4v) is 3.13. The van der Waals surface area contributed by atoms with E-state index in [0.717, 1.165) is 25.1 Å². The van der Waals surface area contributed by atoms with E-state index in [1.165, 1.54) is 5.56 Å². The normalized spacial score (nSPS) is 13.9. The van der Waals surface area contributed by atoms with Crippen LogP contribution < -0.4 is 10.6 Å². The smallest absolute Gasteiger partial charge is 0.275 e. The number of carbonyl (C=O) groups excluding carboxylic acids is 1.